The second-order valence-corrected chi connectivity index (χ2v) is 18.4. The molecule has 6 rings (SSSR count). The third-order valence-electron chi connectivity index (χ3n) is 15.0. The number of halogens is 7. The first-order chi connectivity index (χ1) is 27.5. The summed E-state index contributed by atoms with van der Waals surface area (Å²) in [6.45, 7) is 3.50. The Hall–Kier alpha value is -2.45. The molecule has 0 amide bonds. The van der Waals surface area contributed by atoms with E-state index in [2.05, 4.69) is 13.8 Å². The second-order valence-electron chi connectivity index (χ2n) is 18.4. The first kappa shape index (κ1) is 44.1. The summed E-state index contributed by atoms with van der Waals surface area (Å²) in [6, 6.07) is 5.69. The summed E-state index contributed by atoms with van der Waals surface area (Å²) >= 11 is 0. The summed E-state index contributed by atoms with van der Waals surface area (Å²) in [5, 5.41) is 0. The molecule has 2 aromatic rings. The fourth-order valence-corrected chi connectivity index (χ4v) is 11.6. The van der Waals surface area contributed by atoms with Gasteiger partial charge in [-0.25, -0.2) is 8.78 Å². The maximum atomic E-state index is 15.3. The van der Waals surface area contributed by atoms with Crippen LogP contribution in [0.25, 0.3) is 0 Å². The van der Waals surface area contributed by atoms with Gasteiger partial charge in [0, 0.05) is 0 Å². The Morgan fingerprint density at radius 2 is 0.825 bits per heavy atom. The molecule has 0 saturated heterocycles. The highest BCUT2D eigenvalue weighted by Gasteiger charge is 2.40. The van der Waals surface area contributed by atoms with E-state index in [0.29, 0.717) is 23.0 Å². The smallest absolute Gasteiger partial charge is 0.392 e. The standard InChI is InChI=1S/C48H67F7O2/c1-3-5-31-7-11-33(12-8-31)35-15-19-37(20-16-35)40-23-25-42(46(51)44(40)49)56-29-27-39(48(53,54)55)28-30-57-43-26-24-41(45(50)47(43)52)38-21-17-36(18-22-38)34-13-9-32(6-4-2)10-14-34/h23-26,31-39H,3-22,27-30H2,1-2H3. The van der Waals surface area contributed by atoms with Crippen LogP contribution in [0.4, 0.5) is 30.7 Å². The van der Waals surface area contributed by atoms with Crippen molar-refractivity contribution in [1.82, 2.24) is 0 Å². The Bertz CT molecular complexity index is 1420. The van der Waals surface area contributed by atoms with Gasteiger partial charge in [0.1, 0.15) is 0 Å². The first-order valence-electron chi connectivity index (χ1n) is 22.7. The quantitative estimate of drug-likeness (QED) is 0.157. The van der Waals surface area contributed by atoms with Crippen molar-refractivity contribution in [1.29, 1.82) is 0 Å². The number of hydrogen-bond donors (Lipinski definition) is 0. The molecule has 0 radical (unpaired) electrons. The monoisotopic (exact) mass is 809 g/mol. The highest BCUT2D eigenvalue weighted by Crippen LogP contribution is 2.47. The molecule has 2 aromatic carbocycles. The molecule has 0 spiro atoms. The van der Waals surface area contributed by atoms with Crippen LogP contribution in [-0.4, -0.2) is 19.4 Å². The van der Waals surface area contributed by atoms with Gasteiger partial charge < -0.3 is 9.47 Å². The minimum Gasteiger partial charge on any atom is -0.490 e. The van der Waals surface area contributed by atoms with Gasteiger partial charge in [-0.2, -0.15) is 22.0 Å². The lowest BCUT2D eigenvalue weighted by molar-refractivity contribution is -0.181. The van der Waals surface area contributed by atoms with Crippen molar-refractivity contribution >= 4 is 0 Å². The van der Waals surface area contributed by atoms with Crippen molar-refractivity contribution in [3.63, 3.8) is 0 Å². The minimum atomic E-state index is -4.63. The van der Waals surface area contributed by atoms with Gasteiger partial charge in [-0.3, -0.25) is 0 Å². The third-order valence-corrected chi connectivity index (χ3v) is 15.0. The zero-order valence-electron chi connectivity index (χ0n) is 34.4. The van der Waals surface area contributed by atoms with Crippen LogP contribution in [0.3, 0.4) is 0 Å². The Morgan fingerprint density at radius 3 is 1.14 bits per heavy atom. The molecule has 0 unspecified atom stereocenters. The summed E-state index contributed by atoms with van der Waals surface area (Å²) in [5.41, 5.74) is 0.629. The van der Waals surface area contributed by atoms with Crippen LogP contribution in [0.5, 0.6) is 11.5 Å². The van der Waals surface area contributed by atoms with Crippen LogP contribution in [0.1, 0.15) is 178 Å². The van der Waals surface area contributed by atoms with Crippen LogP contribution in [0.15, 0.2) is 24.3 Å². The van der Waals surface area contributed by atoms with E-state index in [-0.39, 0.29) is 11.8 Å². The molecule has 2 nitrogen and oxygen atoms in total. The van der Waals surface area contributed by atoms with E-state index >= 15 is 17.6 Å². The van der Waals surface area contributed by atoms with Gasteiger partial charge in [0.05, 0.1) is 19.1 Å². The van der Waals surface area contributed by atoms with Crippen molar-refractivity contribution in [3.05, 3.63) is 58.7 Å². The summed E-state index contributed by atoms with van der Waals surface area (Å²) in [7, 11) is 0. The molecule has 0 aliphatic heterocycles. The largest absolute Gasteiger partial charge is 0.490 e. The van der Waals surface area contributed by atoms with E-state index in [1.807, 2.05) is 0 Å². The third kappa shape index (κ3) is 11.4. The van der Waals surface area contributed by atoms with E-state index < -0.39 is 72.9 Å². The predicted octanol–water partition coefficient (Wildman–Crippen LogP) is 15.4. The molecule has 4 aliphatic carbocycles. The number of rotatable bonds is 16. The maximum absolute atomic E-state index is 15.3. The molecular formula is C48H67F7O2. The lowest BCUT2D eigenvalue weighted by Gasteiger charge is -2.38. The van der Waals surface area contributed by atoms with Gasteiger partial charge >= 0.3 is 6.18 Å². The zero-order valence-corrected chi connectivity index (χ0v) is 34.4. The number of alkyl halides is 3. The number of hydrogen-bond acceptors (Lipinski definition) is 2. The van der Waals surface area contributed by atoms with Gasteiger partial charge in [-0.05, 0) is 160 Å². The van der Waals surface area contributed by atoms with Crippen LogP contribution >= 0.6 is 0 Å². The average molecular weight is 809 g/mol. The summed E-state index contributed by atoms with van der Waals surface area (Å²) in [4.78, 5) is 0. The lowest BCUT2D eigenvalue weighted by Crippen LogP contribution is -2.27. The van der Waals surface area contributed by atoms with Crippen molar-refractivity contribution in [2.45, 2.75) is 173 Å². The Labute approximate surface area is 337 Å². The maximum Gasteiger partial charge on any atom is 0.392 e. The topological polar surface area (TPSA) is 18.5 Å². The molecule has 0 heterocycles. The number of ether oxygens (including phenoxy) is 2. The van der Waals surface area contributed by atoms with Gasteiger partial charge in [-0.15, -0.1) is 0 Å². The molecule has 4 aliphatic rings. The van der Waals surface area contributed by atoms with E-state index in [4.69, 9.17) is 9.47 Å². The molecule has 0 aromatic heterocycles. The molecule has 0 N–H and O–H groups in total. The molecule has 0 atom stereocenters. The zero-order chi connectivity index (χ0) is 40.5. The molecule has 57 heavy (non-hydrogen) atoms. The highest BCUT2D eigenvalue weighted by atomic mass is 19.4. The van der Waals surface area contributed by atoms with Crippen molar-refractivity contribution in [2.75, 3.05) is 13.2 Å². The summed E-state index contributed by atoms with van der Waals surface area (Å²) in [5.74, 6) is -2.78. The molecule has 0 bridgehead atoms. The van der Waals surface area contributed by atoms with E-state index in [1.54, 1.807) is 0 Å². The fourth-order valence-electron chi connectivity index (χ4n) is 11.6. The predicted molar refractivity (Wildman–Crippen MR) is 213 cm³/mol. The second kappa shape index (κ2) is 20.7. The van der Waals surface area contributed by atoms with Crippen LogP contribution in [0.2, 0.25) is 0 Å². The lowest BCUT2D eigenvalue weighted by atomic mass is 9.68. The summed E-state index contributed by atoms with van der Waals surface area (Å²) < 4.78 is 114. The van der Waals surface area contributed by atoms with Crippen LogP contribution in [-0.2, 0) is 0 Å². The van der Waals surface area contributed by atoms with Crippen molar-refractivity contribution < 1.29 is 40.2 Å². The Morgan fingerprint density at radius 1 is 0.491 bits per heavy atom. The Balaban J connectivity index is 0.939. The van der Waals surface area contributed by atoms with Gasteiger partial charge in [0.25, 0.3) is 0 Å². The minimum absolute atomic E-state index is 0.0879. The SMILES string of the molecule is CCCC1CCC(C2CCC(c3ccc(OCCC(CCOc4ccc(C5CCC(C6CCC(CCC)CC6)CC5)c(F)c4F)C(F)(F)F)c(F)c3F)CC2)CC1. The molecule has 320 valence electrons. The fraction of sp³-hybridized carbons (Fsp3) is 0.750. The highest BCUT2D eigenvalue weighted by molar-refractivity contribution is 5.34. The molecule has 4 saturated carbocycles. The molecule has 4 fully saturated rings. The van der Waals surface area contributed by atoms with E-state index in [0.717, 1.165) is 75.0 Å². The van der Waals surface area contributed by atoms with E-state index in [9.17, 15) is 13.2 Å². The Kier molecular flexibility index (Phi) is 16.0. The van der Waals surface area contributed by atoms with Gasteiger partial charge in [0.2, 0.25) is 11.6 Å². The molecule has 9 heteroatoms. The van der Waals surface area contributed by atoms with E-state index in [1.165, 1.54) is 101 Å². The van der Waals surface area contributed by atoms with Crippen molar-refractivity contribution in [2.24, 2.45) is 41.4 Å². The average Bonchev–Trinajstić information content (AvgIpc) is 3.21. The van der Waals surface area contributed by atoms with Gasteiger partial charge in [0.15, 0.2) is 23.1 Å². The van der Waals surface area contributed by atoms with Crippen LogP contribution in [0, 0.1) is 64.7 Å². The number of benzene rings is 2. The first-order valence-corrected chi connectivity index (χ1v) is 22.7. The van der Waals surface area contributed by atoms with Gasteiger partial charge in [-0.1, -0.05) is 77.3 Å². The molecular weight excluding hydrogens is 742 g/mol. The van der Waals surface area contributed by atoms with Crippen molar-refractivity contribution in [3.8, 4) is 11.5 Å². The van der Waals surface area contributed by atoms with Crippen LogP contribution < -0.4 is 9.47 Å². The summed E-state index contributed by atoms with van der Waals surface area (Å²) in [6.07, 6.45) is 16.9. The normalized spacial score (nSPS) is 29.2.